The van der Waals surface area contributed by atoms with Crippen LogP contribution in [0.5, 0.6) is 0 Å². The fraction of sp³-hybridized carbons (Fsp3) is 0.500. The maximum Gasteiger partial charge on any atom is 0.161 e. The van der Waals surface area contributed by atoms with E-state index < -0.39 is 0 Å². The van der Waals surface area contributed by atoms with Gasteiger partial charge in [0.1, 0.15) is 0 Å². The quantitative estimate of drug-likeness (QED) is 0.729. The van der Waals surface area contributed by atoms with E-state index >= 15 is 0 Å². The maximum absolute atomic E-state index is 11.6. The van der Waals surface area contributed by atoms with E-state index in [4.69, 9.17) is 0 Å². The van der Waals surface area contributed by atoms with Crippen molar-refractivity contribution in [3.63, 3.8) is 0 Å². The molecule has 17 heavy (non-hydrogen) atoms. The summed E-state index contributed by atoms with van der Waals surface area (Å²) in [6, 6.07) is 7.93. The highest BCUT2D eigenvalue weighted by atomic mass is 16.1. The number of anilines is 1. The maximum atomic E-state index is 11.6. The molecule has 0 bridgehead atoms. The summed E-state index contributed by atoms with van der Waals surface area (Å²) in [5.41, 5.74) is 1.94. The van der Waals surface area contributed by atoms with Crippen molar-refractivity contribution in [2.45, 2.75) is 13.3 Å². The molecule has 0 spiro atoms. The van der Waals surface area contributed by atoms with Gasteiger partial charge in [-0.15, -0.1) is 0 Å². The van der Waals surface area contributed by atoms with Gasteiger partial charge in [-0.1, -0.05) is 12.1 Å². The summed E-state index contributed by atoms with van der Waals surface area (Å²) in [4.78, 5) is 16.3. The van der Waals surface area contributed by atoms with Gasteiger partial charge >= 0.3 is 0 Å². The van der Waals surface area contributed by atoms with E-state index in [1.807, 2.05) is 18.2 Å². The molecule has 0 atom stereocenters. The van der Waals surface area contributed by atoms with Crippen LogP contribution in [0.1, 0.15) is 23.7 Å². The van der Waals surface area contributed by atoms with Gasteiger partial charge in [0.2, 0.25) is 0 Å². The lowest BCUT2D eigenvalue weighted by atomic mass is 10.1. The molecule has 2 rings (SSSR count). The molecule has 92 valence electrons. The summed E-state index contributed by atoms with van der Waals surface area (Å²) in [7, 11) is 2.15. The van der Waals surface area contributed by atoms with Gasteiger partial charge in [-0.3, -0.25) is 4.79 Å². The highest BCUT2D eigenvalue weighted by molar-refractivity contribution is 5.99. The van der Waals surface area contributed by atoms with Gasteiger partial charge in [-0.2, -0.15) is 0 Å². The minimum atomic E-state index is 0.151. The third-order valence-electron chi connectivity index (χ3n) is 3.34. The molecule has 0 aliphatic carbocycles. The number of carbonyl (C=O) groups is 1. The number of hydrogen-bond donors (Lipinski definition) is 0. The van der Waals surface area contributed by atoms with Crippen LogP contribution in [0.3, 0.4) is 0 Å². The van der Waals surface area contributed by atoms with Crippen LogP contribution in [0.15, 0.2) is 24.3 Å². The Bertz CT molecular complexity index is 403. The average molecular weight is 232 g/mol. The molecule has 0 amide bonds. The zero-order valence-electron chi connectivity index (χ0n) is 10.6. The van der Waals surface area contributed by atoms with Gasteiger partial charge in [0.05, 0.1) is 0 Å². The molecule has 3 heteroatoms. The van der Waals surface area contributed by atoms with Crippen LogP contribution in [-0.4, -0.2) is 43.9 Å². The van der Waals surface area contributed by atoms with E-state index in [1.165, 1.54) is 0 Å². The summed E-state index contributed by atoms with van der Waals surface area (Å²) in [6.07, 6.45) is 1.16. The fourth-order valence-electron chi connectivity index (χ4n) is 2.33. The molecule has 1 aromatic carbocycles. The first-order valence-electron chi connectivity index (χ1n) is 6.22. The SMILES string of the molecule is CC(=O)c1ccccc1N1CCCN(C)CC1. The summed E-state index contributed by atoms with van der Waals surface area (Å²) in [6.45, 7) is 5.88. The molecule has 0 saturated carbocycles. The molecule has 1 aliphatic rings. The lowest BCUT2D eigenvalue weighted by Crippen LogP contribution is -2.29. The Kier molecular flexibility index (Phi) is 3.79. The number of likely N-dealkylation sites (N-methyl/N-ethyl adjacent to an activating group) is 1. The highest BCUT2D eigenvalue weighted by Crippen LogP contribution is 2.22. The van der Waals surface area contributed by atoms with Crippen LogP contribution < -0.4 is 4.90 Å². The molecule has 0 radical (unpaired) electrons. The molecular formula is C14H20N2O. The van der Waals surface area contributed by atoms with Crippen molar-refractivity contribution in [1.82, 2.24) is 4.90 Å². The predicted molar refractivity (Wildman–Crippen MR) is 70.8 cm³/mol. The summed E-state index contributed by atoms with van der Waals surface area (Å²) >= 11 is 0. The molecule has 1 aromatic rings. The number of carbonyl (C=O) groups excluding carboxylic acids is 1. The van der Waals surface area contributed by atoms with Gasteiger partial charge in [0.25, 0.3) is 0 Å². The van der Waals surface area contributed by atoms with Crippen LogP contribution in [0.25, 0.3) is 0 Å². The zero-order valence-corrected chi connectivity index (χ0v) is 10.6. The van der Waals surface area contributed by atoms with Crippen LogP contribution in [0, 0.1) is 0 Å². The van der Waals surface area contributed by atoms with Gasteiger partial charge in [0, 0.05) is 30.9 Å². The van der Waals surface area contributed by atoms with Crippen molar-refractivity contribution in [2.75, 3.05) is 38.1 Å². The van der Waals surface area contributed by atoms with Crippen molar-refractivity contribution < 1.29 is 4.79 Å². The van der Waals surface area contributed by atoms with E-state index in [0.29, 0.717) is 0 Å². The number of rotatable bonds is 2. The first-order valence-corrected chi connectivity index (χ1v) is 6.22. The van der Waals surface area contributed by atoms with Gasteiger partial charge in [-0.05, 0) is 39.1 Å². The molecule has 1 aliphatic heterocycles. The molecule has 0 aromatic heterocycles. The average Bonchev–Trinajstić information content (AvgIpc) is 2.54. The Hall–Kier alpha value is -1.35. The Morgan fingerprint density at radius 1 is 1.12 bits per heavy atom. The number of nitrogens with zero attached hydrogens (tertiary/aromatic N) is 2. The first-order chi connectivity index (χ1) is 8.18. The Morgan fingerprint density at radius 2 is 1.88 bits per heavy atom. The summed E-state index contributed by atoms with van der Waals surface area (Å²) in [5, 5.41) is 0. The third-order valence-corrected chi connectivity index (χ3v) is 3.34. The minimum absolute atomic E-state index is 0.151. The van der Waals surface area contributed by atoms with Crippen molar-refractivity contribution in [1.29, 1.82) is 0 Å². The third kappa shape index (κ3) is 2.86. The zero-order chi connectivity index (χ0) is 12.3. The van der Waals surface area contributed by atoms with Crippen molar-refractivity contribution in [3.8, 4) is 0 Å². The van der Waals surface area contributed by atoms with E-state index in [2.05, 4.69) is 22.9 Å². The fourth-order valence-corrected chi connectivity index (χ4v) is 2.33. The molecule has 0 N–H and O–H groups in total. The second-order valence-corrected chi connectivity index (χ2v) is 4.72. The smallest absolute Gasteiger partial charge is 0.161 e. The molecule has 1 fully saturated rings. The largest absolute Gasteiger partial charge is 0.370 e. The Balaban J connectivity index is 2.24. The van der Waals surface area contributed by atoms with Crippen LogP contribution >= 0.6 is 0 Å². The predicted octanol–water partition coefficient (Wildman–Crippen LogP) is 2.03. The number of para-hydroxylation sites is 1. The summed E-state index contributed by atoms with van der Waals surface area (Å²) < 4.78 is 0. The Morgan fingerprint density at radius 3 is 2.65 bits per heavy atom. The minimum Gasteiger partial charge on any atom is -0.370 e. The number of ketones is 1. The molecular weight excluding hydrogens is 212 g/mol. The topological polar surface area (TPSA) is 23.6 Å². The number of hydrogen-bond acceptors (Lipinski definition) is 3. The second-order valence-electron chi connectivity index (χ2n) is 4.72. The molecule has 3 nitrogen and oxygen atoms in total. The van der Waals surface area contributed by atoms with E-state index in [-0.39, 0.29) is 5.78 Å². The lowest BCUT2D eigenvalue weighted by molar-refractivity contribution is 0.101. The van der Waals surface area contributed by atoms with Crippen molar-refractivity contribution >= 4 is 11.5 Å². The van der Waals surface area contributed by atoms with Crippen molar-refractivity contribution in [2.24, 2.45) is 0 Å². The Labute approximate surface area is 103 Å². The number of Topliss-reactive ketones (excluding diaryl/α,β-unsaturated/α-hetero) is 1. The van der Waals surface area contributed by atoms with Gasteiger partial charge in [-0.25, -0.2) is 0 Å². The van der Waals surface area contributed by atoms with E-state index in [1.54, 1.807) is 6.92 Å². The normalized spacial score (nSPS) is 17.9. The number of benzene rings is 1. The monoisotopic (exact) mass is 232 g/mol. The van der Waals surface area contributed by atoms with E-state index in [0.717, 1.165) is 43.9 Å². The van der Waals surface area contributed by atoms with Crippen molar-refractivity contribution in [3.05, 3.63) is 29.8 Å². The first kappa shape index (κ1) is 12.1. The van der Waals surface area contributed by atoms with Crippen LogP contribution in [0.2, 0.25) is 0 Å². The molecule has 1 heterocycles. The highest BCUT2D eigenvalue weighted by Gasteiger charge is 2.16. The standard InChI is InChI=1S/C14H20N2O/c1-12(17)13-6-3-4-7-14(13)16-9-5-8-15(2)10-11-16/h3-4,6-7H,5,8-11H2,1-2H3. The van der Waals surface area contributed by atoms with Crippen LogP contribution in [-0.2, 0) is 0 Å². The van der Waals surface area contributed by atoms with Gasteiger partial charge in [0.15, 0.2) is 5.78 Å². The molecule has 1 saturated heterocycles. The van der Waals surface area contributed by atoms with Crippen LogP contribution in [0.4, 0.5) is 5.69 Å². The molecule has 0 unspecified atom stereocenters. The van der Waals surface area contributed by atoms with Gasteiger partial charge < -0.3 is 9.80 Å². The lowest BCUT2D eigenvalue weighted by Gasteiger charge is -2.24. The summed E-state index contributed by atoms with van der Waals surface area (Å²) in [5.74, 6) is 0.151. The second kappa shape index (κ2) is 5.32. The van der Waals surface area contributed by atoms with E-state index in [9.17, 15) is 4.79 Å².